The smallest absolute Gasteiger partial charge is 0.160 e. The lowest BCUT2D eigenvalue weighted by Crippen LogP contribution is -2.41. The molecule has 0 aromatic heterocycles. The van der Waals surface area contributed by atoms with Crippen LogP contribution in [0, 0.1) is 5.92 Å². The number of thiocarbonyl (C=S) groups is 1. The average molecular weight is 187 g/mol. The number of piperidine rings is 3. The molecule has 3 aliphatic heterocycles. The second-order valence-corrected chi connectivity index (χ2v) is 3.95. The summed E-state index contributed by atoms with van der Waals surface area (Å²) in [5.41, 5.74) is 9.24. The van der Waals surface area contributed by atoms with E-state index in [9.17, 15) is 0 Å². The molecule has 3 heterocycles. The number of hydrogen-bond donors (Lipinski definition) is 2. The highest BCUT2D eigenvalue weighted by Crippen LogP contribution is 2.26. The topological polar surface area (TPSA) is 55.3 Å². The molecule has 0 aliphatic carbocycles. The van der Waals surface area contributed by atoms with E-state index < -0.39 is 0 Å². The molecule has 0 atom stereocenters. The van der Waals surface area contributed by atoms with Gasteiger partial charge in [0, 0.05) is 0 Å². The van der Waals surface area contributed by atoms with Crippen LogP contribution in [0.25, 0.3) is 0 Å². The third kappa shape index (κ3) is 3.36. The molecule has 3 fully saturated rings. The van der Waals surface area contributed by atoms with Crippen molar-refractivity contribution < 1.29 is 0 Å². The first-order valence-corrected chi connectivity index (χ1v) is 4.86. The van der Waals surface area contributed by atoms with Gasteiger partial charge in [0.05, 0.1) is 0 Å². The third-order valence-corrected chi connectivity index (χ3v) is 2.56. The fraction of sp³-hybridized carbons (Fsp3) is 0.875. The van der Waals surface area contributed by atoms with E-state index in [-0.39, 0.29) is 5.11 Å². The first-order valence-electron chi connectivity index (χ1n) is 4.45. The van der Waals surface area contributed by atoms with E-state index >= 15 is 0 Å². The summed E-state index contributed by atoms with van der Waals surface area (Å²) in [7, 11) is 0. The van der Waals surface area contributed by atoms with Crippen molar-refractivity contribution in [3.63, 3.8) is 0 Å². The second-order valence-electron chi connectivity index (χ2n) is 3.48. The van der Waals surface area contributed by atoms with Gasteiger partial charge in [-0.2, -0.15) is 0 Å². The standard InChI is InChI=1S/C7H13N.CH4N2S/c1-4-8-5-2-7(1)3-6-8;2-1(3)4/h7H,1-6H2;(H4,2,3,4). The van der Waals surface area contributed by atoms with E-state index in [1.54, 1.807) is 0 Å². The fourth-order valence-corrected chi connectivity index (χ4v) is 1.86. The normalized spacial score (nSPS) is 32.0. The minimum absolute atomic E-state index is 0.000000000000000222. The molecule has 0 spiro atoms. The van der Waals surface area contributed by atoms with Gasteiger partial charge in [-0.25, -0.2) is 0 Å². The highest BCUT2D eigenvalue weighted by Gasteiger charge is 2.24. The Hall–Kier alpha value is -0.350. The van der Waals surface area contributed by atoms with Gasteiger partial charge in [-0.1, -0.05) is 0 Å². The summed E-state index contributed by atoms with van der Waals surface area (Å²) >= 11 is 4.09. The number of nitrogens with two attached hydrogens (primary N) is 2. The second kappa shape index (κ2) is 4.62. The molecule has 3 nitrogen and oxygen atoms in total. The maximum absolute atomic E-state index is 4.62. The monoisotopic (exact) mass is 187 g/mol. The summed E-state index contributed by atoms with van der Waals surface area (Å²) in [5.74, 6) is 1.11. The molecule has 4 heteroatoms. The molecule has 0 amide bonds. The van der Waals surface area contributed by atoms with Gasteiger partial charge in [0.1, 0.15) is 0 Å². The molecule has 0 unspecified atom stereocenters. The van der Waals surface area contributed by atoms with Gasteiger partial charge in [0.25, 0.3) is 0 Å². The van der Waals surface area contributed by atoms with Gasteiger partial charge >= 0.3 is 0 Å². The zero-order chi connectivity index (χ0) is 8.97. The molecule has 0 aromatic carbocycles. The Balaban J connectivity index is 0.000000157. The molecular weight excluding hydrogens is 170 g/mol. The van der Waals surface area contributed by atoms with Crippen LogP contribution in [-0.4, -0.2) is 29.6 Å². The highest BCUT2D eigenvalue weighted by molar-refractivity contribution is 7.80. The molecule has 0 aromatic rings. The van der Waals surface area contributed by atoms with E-state index in [2.05, 4.69) is 28.6 Å². The van der Waals surface area contributed by atoms with E-state index in [4.69, 9.17) is 0 Å². The predicted octanol–water partition coefficient (Wildman–Crippen LogP) is 0.291. The average Bonchev–Trinajstić information content (AvgIpc) is 2.07. The van der Waals surface area contributed by atoms with Gasteiger partial charge < -0.3 is 16.4 Å². The van der Waals surface area contributed by atoms with Crippen LogP contribution < -0.4 is 11.5 Å². The Kier molecular flexibility index (Phi) is 3.75. The number of hydrogen-bond acceptors (Lipinski definition) is 2. The van der Waals surface area contributed by atoms with Crippen LogP contribution in [0.15, 0.2) is 0 Å². The minimum atomic E-state index is 0.000000000000000222. The van der Waals surface area contributed by atoms with Crippen LogP contribution >= 0.6 is 12.2 Å². The van der Waals surface area contributed by atoms with Crippen molar-refractivity contribution in [2.75, 3.05) is 19.6 Å². The van der Waals surface area contributed by atoms with Crippen molar-refractivity contribution in [3.05, 3.63) is 0 Å². The van der Waals surface area contributed by atoms with Crippen molar-refractivity contribution in [3.8, 4) is 0 Å². The molecule has 2 bridgehead atoms. The van der Waals surface area contributed by atoms with E-state index in [1.807, 2.05) is 0 Å². The number of fused-ring (bicyclic) bond motifs is 3. The molecular formula is C8H17N3S. The van der Waals surface area contributed by atoms with Crippen molar-refractivity contribution in [1.29, 1.82) is 0 Å². The van der Waals surface area contributed by atoms with Crippen molar-refractivity contribution in [1.82, 2.24) is 4.90 Å². The Morgan fingerprint density at radius 1 is 1.08 bits per heavy atom. The largest absolute Gasteiger partial charge is 0.377 e. The van der Waals surface area contributed by atoms with Gasteiger partial charge in [-0.15, -0.1) is 0 Å². The lowest BCUT2D eigenvalue weighted by molar-refractivity contribution is 0.111. The van der Waals surface area contributed by atoms with E-state index in [1.165, 1.54) is 38.9 Å². The molecule has 4 N–H and O–H groups in total. The number of rotatable bonds is 0. The van der Waals surface area contributed by atoms with Crippen molar-refractivity contribution in [2.45, 2.75) is 19.3 Å². The third-order valence-electron chi connectivity index (χ3n) is 2.56. The zero-order valence-electron chi connectivity index (χ0n) is 7.33. The van der Waals surface area contributed by atoms with Crippen LogP contribution in [0.3, 0.4) is 0 Å². The number of nitrogens with zero attached hydrogens (tertiary/aromatic N) is 1. The summed E-state index contributed by atoms with van der Waals surface area (Å²) in [6, 6.07) is 0. The lowest BCUT2D eigenvalue weighted by atomic mass is 9.89. The highest BCUT2D eigenvalue weighted by atomic mass is 32.1. The van der Waals surface area contributed by atoms with Crippen molar-refractivity contribution in [2.24, 2.45) is 17.4 Å². The molecule has 70 valence electrons. The SMILES string of the molecule is C1CN2CCC1CC2.NC(N)=S. The van der Waals surface area contributed by atoms with Crippen LogP contribution in [0.2, 0.25) is 0 Å². The van der Waals surface area contributed by atoms with Gasteiger partial charge in [0.15, 0.2) is 5.11 Å². The summed E-state index contributed by atoms with van der Waals surface area (Å²) in [6.07, 6.45) is 4.46. The Labute approximate surface area is 79.1 Å². The van der Waals surface area contributed by atoms with Crippen molar-refractivity contribution >= 4 is 17.3 Å². The molecule has 3 saturated heterocycles. The zero-order valence-corrected chi connectivity index (χ0v) is 8.15. The Morgan fingerprint density at radius 2 is 1.42 bits per heavy atom. The molecule has 0 saturated carbocycles. The van der Waals surface area contributed by atoms with Gasteiger partial charge in [-0.3, -0.25) is 0 Å². The molecule has 12 heavy (non-hydrogen) atoms. The summed E-state index contributed by atoms with van der Waals surface area (Å²) in [6.45, 7) is 4.18. The first kappa shape index (κ1) is 9.74. The predicted molar refractivity (Wildman–Crippen MR) is 54.8 cm³/mol. The first-order chi connectivity index (χ1) is 5.68. The summed E-state index contributed by atoms with van der Waals surface area (Å²) in [4.78, 5) is 2.58. The van der Waals surface area contributed by atoms with Crippen LogP contribution in [0.1, 0.15) is 19.3 Å². The van der Waals surface area contributed by atoms with Gasteiger partial charge in [-0.05, 0) is 57.0 Å². The molecule has 0 radical (unpaired) electrons. The summed E-state index contributed by atoms with van der Waals surface area (Å²) in [5, 5.41) is 0.000000000000000222. The van der Waals surface area contributed by atoms with Crippen LogP contribution in [0.5, 0.6) is 0 Å². The van der Waals surface area contributed by atoms with E-state index in [0.717, 1.165) is 5.92 Å². The maximum atomic E-state index is 4.62. The fourth-order valence-electron chi connectivity index (χ4n) is 1.86. The maximum Gasteiger partial charge on any atom is 0.160 e. The quantitative estimate of drug-likeness (QED) is 0.535. The molecule has 3 aliphatic rings. The van der Waals surface area contributed by atoms with Crippen LogP contribution in [0.4, 0.5) is 0 Å². The lowest BCUT2D eigenvalue weighted by Gasteiger charge is -2.38. The van der Waals surface area contributed by atoms with Gasteiger partial charge in [0.2, 0.25) is 0 Å². The van der Waals surface area contributed by atoms with E-state index in [0.29, 0.717) is 0 Å². The Morgan fingerprint density at radius 3 is 1.50 bits per heavy atom. The minimum Gasteiger partial charge on any atom is -0.377 e. The summed E-state index contributed by atoms with van der Waals surface area (Å²) < 4.78 is 0. The van der Waals surface area contributed by atoms with Crippen LogP contribution in [-0.2, 0) is 0 Å². The molecule has 3 rings (SSSR count). The Bertz CT molecular complexity index is 125.